The minimum Gasteiger partial charge on any atom is -0.468 e. The van der Waals surface area contributed by atoms with Crippen molar-refractivity contribution in [2.75, 3.05) is 19.0 Å². The van der Waals surface area contributed by atoms with Crippen molar-refractivity contribution in [1.29, 1.82) is 0 Å². The van der Waals surface area contributed by atoms with E-state index in [2.05, 4.69) is 31.3 Å². The molecule has 28 heavy (non-hydrogen) atoms. The summed E-state index contributed by atoms with van der Waals surface area (Å²) < 4.78 is 4.97. The summed E-state index contributed by atoms with van der Waals surface area (Å²) in [6.45, 7) is 5.04. The molecule has 1 N–H and O–H groups in total. The van der Waals surface area contributed by atoms with Crippen molar-refractivity contribution < 1.29 is 14.3 Å². The largest absolute Gasteiger partial charge is 0.468 e. The van der Waals surface area contributed by atoms with Gasteiger partial charge in [-0.3, -0.25) is 14.5 Å². The van der Waals surface area contributed by atoms with Crippen LogP contribution in [-0.4, -0.2) is 36.5 Å². The Hall–Kier alpha value is -2.66. The van der Waals surface area contributed by atoms with Crippen molar-refractivity contribution in [2.24, 2.45) is 0 Å². The average Bonchev–Trinajstić information content (AvgIpc) is 2.72. The van der Waals surface area contributed by atoms with Crippen LogP contribution < -0.4 is 5.32 Å². The smallest absolute Gasteiger partial charge is 0.323 e. The van der Waals surface area contributed by atoms with E-state index < -0.39 is 6.04 Å². The van der Waals surface area contributed by atoms with Crippen molar-refractivity contribution in [2.45, 2.75) is 45.2 Å². The number of anilines is 1. The molecule has 0 fully saturated rings. The van der Waals surface area contributed by atoms with E-state index in [1.165, 1.54) is 12.7 Å². The summed E-state index contributed by atoms with van der Waals surface area (Å²) in [4.78, 5) is 26.8. The molecule has 0 spiro atoms. The highest BCUT2D eigenvalue weighted by Crippen LogP contribution is 2.24. The number of nitrogens with one attached hydrogen (secondary N) is 1. The number of benzene rings is 2. The molecule has 0 radical (unpaired) electrons. The second-order valence-electron chi connectivity index (χ2n) is 7.40. The number of methoxy groups -OCH3 is 1. The topological polar surface area (TPSA) is 58.6 Å². The summed E-state index contributed by atoms with van der Waals surface area (Å²) in [5.74, 6) is 0.0590. The number of amides is 1. The quantitative estimate of drug-likeness (QED) is 0.776. The minimum atomic E-state index is -0.446. The van der Waals surface area contributed by atoms with Crippen LogP contribution >= 0.6 is 0 Å². The van der Waals surface area contributed by atoms with Crippen LogP contribution in [0.2, 0.25) is 0 Å². The van der Waals surface area contributed by atoms with Gasteiger partial charge in [-0.25, -0.2) is 0 Å². The van der Waals surface area contributed by atoms with Crippen molar-refractivity contribution in [3.05, 3.63) is 65.2 Å². The normalized spacial score (nSPS) is 17.5. The Kier molecular flexibility index (Phi) is 6.47. The fraction of sp³-hybridized carbons (Fsp3) is 0.391. The van der Waals surface area contributed by atoms with Crippen molar-refractivity contribution in [3.8, 4) is 0 Å². The zero-order valence-corrected chi connectivity index (χ0v) is 16.8. The van der Waals surface area contributed by atoms with E-state index in [1.54, 1.807) is 0 Å². The van der Waals surface area contributed by atoms with Gasteiger partial charge in [-0.05, 0) is 47.6 Å². The van der Waals surface area contributed by atoms with E-state index in [-0.39, 0.29) is 18.4 Å². The van der Waals surface area contributed by atoms with E-state index in [0.29, 0.717) is 18.9 Å². The lowest BCUT2D eigenvalue weighted by molar-refractivity contribution is -0.148. The van der Waals surface area contributed by atoms with Gasteiger partial charge in [-0.1, -0.05) is 50.2 Å². The fourth-order valence-electron chi connectivity index (χ4n) is 3.63. The van der Waals surface area contributed by atoms with Gasteiger partial charge in [0.1, 0.15) is 6.04 Å². The highest BCUT2D eigenvalue weighted by molar-refractivity contribution is 5.92. The highest BCUT2D eigenvalue weighted by atomic mass is 16.5. The highest BCUT2D eigenvalue weighted by Gasteiger charge is 2.33. The molecule has 0 aromatic heterocycles. The number of hydrogen-bond acceptors (Lipinski definition) is 4. The Morgan fingerprint density at radius 3 is 2.46 bits per heavy atom. The molecule has 1 heterocycles. The molecule has 0 bridgehead atoms. The maximum absolute atomic E-state index is 12.6. The third kappa shape index (κ3) is 4.60. The standard InChI is InChI=1S/C23H28N2O3/c1-4-16(2)17-9-11-20(12-10-17)24-22(26)15-25-14-19-8-6-5-7-18(19)13-21(25)23(27)28-3/h5-12,16,21H,4,13-15H2,1-3H3,(H,24,26)/t16-,21+/m0/s1. The van der Waals surface area contributed by atoms with E-state index >= 15 is 0 Å². The molecule has 5 nitrogen and oxygen atoms in total. The van der Waals surface area contributed by atoms with Gasteiger partial charge in [0.05, 0.1) is 13.7 Å². The zero-order chi connectivity index (χ0) is 20.1. The van der Waals surface area contributed by atoms with Crippen LogP contribution in [0.5, 0.6) is 0 Å². The van der Waals surface area contributed by atoms with Crippen molar-refractivity contribution in [1.82, 2.24) is 4.90 Å². The Labute approximate surface area is 166 Å². The van der Waals surface area contributed by atoms with Crippen LogP contribution in [0.1, 0.15) is 42.9 Å². The summed E-state index contributed by atoms with van der Waals surface area (Å²) in [7, 11) is 1.39. The van der Waals surface area contributed by atoms with Gasteiger partial charge in [0.15, 0.2) is 0 Å². The first kappa shape index (κ1) is 20.1. The monoisotopic (exact) mass is 380 g/mol. The molecule has 0 aliphatic carbocycles. The van der Waals surface area contributed by atoms with Gasteiger partial charge in [0.2, 0.25) is 5.91 Å². The maximum atomic E-state index is 12.6. The van der Waals surface area contributed by atoms with Gasteiger partial charge in [-0.2, -0.15) is 0 Å². The number of carbonyl (C=O) groups excluding carboxylic acids is 2. The first-order chi connectivity index (χ1) is 13.5. The predicted octanol–water partition coefficient (Wildman–Crippen LogP) is 3.74. The molecule has 2 atom stereocenters. The zero-order valence-electron chi connectivity index (χ0n) is 16.8. The van der Waals surface area contributed by atoms with E-state index in [9.17, 15) is 9.59 Å². The first-order valence-corrected chi connectivity index (χ1v) is 9.80. The number of ether oxygens (including phenoxy) is 1. The van der Waals surface area contributed by atoms with Crippen LogP contribution in [0.4, 0.5) is 5.69 Å². The predicted molar refractivity (Wildman–Crippen MR) is 110 cm³/mol. The number of fused-ring (bicyclic) bond motifs is 1. The second-order valence-corrected chi connectivity index (χ2v) is 7.40. The summed E-state index contributed by atoms with van der Waals surface area (Å²) in [5, 5.41) is 2.94. The summed E-state index contributed by atoms with van der Waals surface area (Å²) in [6.07, 6.45) is 1.64. The van der Waals surface area contributed by atoms with Gasteiger partial charge in [0.25, 0.3) is 0 Å². The van der Waals surface area contributed by atoms with Gasteiger partial charge in [-0.15, -0.1) is 0 Å². The molecule has 0 saturated heterocycles. The summed E-state index contributed by atoms with van der Waals surface area (Å²) >= 11 is 0. The Bertz CT molecular complexity index is 832. The maximum Gasteiger partial charge on any atom is 0.323 e. The SMILES string of the molecule is CC[C@H](C)c1ccc(NC(=O)CN2Cc3ccccc3C[C@@H]2C(=O)OC)cc1. The first-order valence-electron chi connectivity index (χ1n) is 9.80. The molecular weight excluding hydrogens is 352 g/mol. The van der Waals surface area contributed by atoms with Crippen LogP contribution in [-0.2, 0) is 27.3 Å². The molecule has 2 aromatic carbocycles. The summed E-state index contributed by atoms with van der Waals surface area (Å²) in [6, 6.07) is 15.6. The Balaban J connectivity index is 1.68. The molecule has 5 heteroatoms. The molecule has 0 unspecified atom stereocenters. The number of hydrogen-bond donors (Lipinski definition) is 1. The lowest BCUT2D eigenvalue weighted by Crippen LogP contribution is -2.49. The second kappa shape index (κ2) is 9.02. The van der Waals surface area contributed by atoms with Gasteiger partial charge < -0.3 is 10.1 Å². The number of nitrogens with zero attached hydrogens (tertiary/aromatic N) is 1. The van der Waals surface area contributed by atoms with E-state index in [1.807, 2.05) is 41.3 Å². The van der Waals surface area contributed by atoms with Crippen molar-refractivity contribution in [3.63, 3.8) is 0 Å². The van der Waals surface area contributed by atoms with E-state index in [0.717, 1.165) is 23.2 Å². The molecule has 1 aliphatic rings. The number of carbonyl (C=O) groups is 2. The van der Waals surface area contributed by atoms with Gasteiger partial charge in [0, 0.05) is 12.2 Å². The third-order valence-electron chi connectivity index (χ3n) is 5.54. The Morgan fingerprint density at radius 2 is 1.82 bits per heavy atom. The third-order valence-corrected chi connectivity index (χ3v) is 5.54. The van der Waals surface area contributed by atoms with E-state index in [4.69, 9.17) is 4.74 Å². The van der Waals surface area contributed by atoms with Crippen molar-refractivity contribution >= 4 is 17.6 Å². The lowest BCUT2D eigenvalue weighted by atomic mass is 9.94. The molecule has 1 amide bonds. The molecule has 1 aliphatic heterocycles. The van der Waals surface area contributed by atoms with Crippen LogP contribution in [0.15, 0.2) is 48.5 Å². The molecule has 0 saturated carbocycles. The van der Waals surface area contributed by atoms with Crippen LogP contribution in [0.25, 0.3) is 0 Å². The number of rotatable bonds is 6. The average molecular weight is 380 g/mol. The van der Waals surface area contributed by atoms with Crippen LogP contribution in [0.3, 0.4) is 0 Å². The van der Waals surface area contributed by atoms with Crippen LogP contribution in [0, 0.1) is 0 Å². The molecule has 3 rings (SSSR count). The lowest BCUT2D eigenvalue weighted by Gasteiger charge is -2.34. The minimum absolute atomic E-state index is 0.135. The number of esters is 1. The molecule has 2 aromatic rings. The molecule has 148 valence electrons. The van der Waals surface area contributed by atoms with Gasteiger partial charge >= 0.3 is 5.97 Å². The summed E-state index contributed by atoms with van der Waals surface area (Å²) in [5.41, 5.74) is 4.31. The Morgan fingerprint density at radius 1 is 1.14 bits per heavy atom. The fourth-order valence-corrected chi connectivity index (χ4v) is 3.63. The molecular formula is C23H28N2O3.